The highest BCUT2D eigenvalue weighted by molar-refractivity contribution is 6.30. The molecule has 2 rings (SSSR count). The number of urea groups is 1. The molecule has 0 fully saturated rings. The zero-order chi connectivity index (χ0) is 16.3. The van der Waals surface area contributed by atoms with E-state index in [4.69, 9.17) is 11.6 Å². The molecule has 0 aliphatic heterocycles. The molecule has 4 nitrogen and oxygen atoms in total. The second-order valence-electron chi connectivity index (χ2n) is 5.69. The lowest BCUT2D eigenvalue weighted by Gasteiger charge is -2.12. The van der Waals surface area contributed by atoms with E-state index < -0.39 is 0 Å². The Morgan fingerprint density at radius 1 is 1.23 bits per heavy atom. The average Bonchev–Trinajstić information content (AvgIpc) is 2.72. The molecule has 0 bridgehead atoms. The van der Waals surface area contributed by atoms with Gasteiger partial charge in [-0.1, -0.05) is 11.6 Å². The SMILES string of the molecule is Cc1cc(CNC(=O)NC(C)C)c(C)n1-c1ccc(Cl)cc1. The summed E-state index contributed by atoms with van der Waals surface area (Å²) in [6, 6.07) is 9.82. The molecule has 1 heterocycles. The van der Waals surface area contributed by atoms with E-state index in [1.54, 1.807) is 0 Å². The summed E-state index contributed by atoms with van der Waals surface area (Å²) in [5.74, 6) is 0. The van der Waals surface area contributed by atoms with E-state index in [-0.39, 0.29) is 12.1 Å². The molecule has 0 aliphatic rings. The summed E-state index contributed by atoms with van der Waals surface area (Å²) in [6.07, 6.45) is 0. The van der Waals surface area contributed by atoms with Gasteiger partial charge >= 0.3 is 6.03 Å². The van der Waals surface area contributed by atoms with Gasteiger partial charge in [0.2, 0.25) is 0 Å². The zero-order valence-corrected chi connectivity index (χ0v) is 14.2. The van der Waals surface area contributed by atoms with Crippen LogP contribution in [0.15, 0.2) is 30.3 Å². The van der Waals surface area contributed by atoms with Gasteiger partial charge in [0.15, 0.2) is 0 Å². The molecule has 0 saturated heterocycles. The first-order valence-electron chi connectivity index (χ1n) is 7.36. The molecule has 0 saturated carbocycles. The molecular formula is C17H22ClN3O. The summed E-state index contributed by atoms with van der Waals surface area (Å²) >= 11 is 5.95. The number of carbonyl (C=O) groups excluding carboxylic acids is 1. The number of hydrogen-bond donors (Lipinski definition) is 2. The largest absolute Gasteiger partial charge is 0.336 e. The fraction of sp³-hybridized carbons (Fsp3) is 0.353. The number of rotatable bonds is 4. The number of aromatic nitrogens is 1. The highest BCUT2D eigenvalue weighted by atomic mass is 35.5. The number of hydrogen-bond acceptors (Lipinski definition) is 1. The molecule has 0 atom stereocenters. The lowest BCUT2D eigenvalue weighted by atomic mass is 10.2. The van der Waals surface area contributed by atoms with Crippen molar-refractivity contribution < 1.29 is 4.79 Å². The molecule has 0 aliphatic carbocycles. The van der Waals surface area contributed by atoms with Crippen molar-refractivity contribution in [3.8, 4) is 5.69 Å². The van der Waals surface area contributed by atoms with Crippen LogP contribution in [-0.4, -0.2) is 16.6 Å². The number of nitrogens with one attached hydrogen (secondary N) is 2. The smallest absolute Gasteiger partial charge is 0.315 e. The maximum atomic E-state index is 11.7. The summed E-state index contributed by atoms with van der Waals surface area (Å²) in [5, 5.41) is 6.43. The van der Waals surface area contributed by atoms with Crippen LogP contribution in [0.3, 0.4) is 0 Å². The summed E-state index contributed by atoms with van der Waals surface area (Å²) in [5.41, 5.74) is 4.41. The molecule has 2 N–H and O–H groups in total. The molecule has 5 heteroatoms. The van der Waals surface area contributed by atoms with Crippen LogP contribution in [0.25, 0.3) is 5.69 Å². The maximum Gasteiger partial charge on any atom is 0.315 e. The van der Waals surface area contributed by atoms with Crippen molar-refractivity contribution in [1.29, 1.82) is 0 Å². The Kier molecular flexibility index (Phi) is 5.14. The van der Waals surface area contributed by atoms with Crippen LogP contribution < -0.4 is 10.6 Å². The third kappa shape index (κ3) is 3.83. The first-order valence-corrected chi connectivity index (χ1v) is 7.74. The van der Waals surface area contributed by atoms with Crippen molar-refractivity contribution >= 4 is 17.6 Å². The lowest BCUT2D eigenvalue weighted by Crippen LogP contribution is -2.39. The second kappa shape index (κ2) is 6.88. The Hall–Kier alpha value is -1.94. The van der Waals surface area contributed by atoms with E-state index in [1.165, 1.54) is 0 Å². The standard InChI is InChI=1S/C17H22ClN3O/c1-11(2)20-17(22)19-10-14-9-12(3)21(13(14)4)16-7-5-15(18)6-8-16/h5-9,11H,10H2,1-4H3,(H2,19,20,22). The number of halogens is 1. The first kappa shape index (κ1) is 16.4. The van der Waals surface area contributed by atoms with E-state index in [1.807, 2.05) is 38.1 Å². The van der Waals surface area contributed by atoms with Gasteiger partial charge in [-0.25, -0.2) is 4.79 Å². The van der Waals surface area contributed by atoms with E-state index >= 15 is 0 Å². The number of nitrogens with zero attached hydrogens (tertiary/aromatic N) is 1. The van der Waals surface area contributed by atoms with Gasteiger partial charge in [-0.05, 0) is 63.6 Å². The van der Waals surface area contributed by atoms with Gasteiger partial charge in [0, 0.05) is 34.7 Å². The Labute approximate surface area is 136 Å². The Morgan fingerprint density at radius 3 is 2.45 bits per heavy atom. The first-order chi connectivity index (χ1) is 10.4. The highest BCUT2D eigenvalue weighted by Crippen LogP contribution is 2.22. The predicted octanol–water partition coefficient (Wildman–Crippen LogP) is 3.96. The minimum absolute atomic E-state index is 0.126. The highest BCUT2D eigenvalue weighted by Gasteiger charge is 2.11. The van der Waals surface area contributed by atoms with Gasteiger partial charge in [-0.3, -0.25) is 0 Å². The van der Waals surface area contributed by atoms with E-state index in [2.05, 4.69) is 35.1 Å². The minimum Gasteiger partial charge on any atom is -0.336 e. The fourth-order valence-corrected chi connectivity index (χ4v) is 2.61. The second-order valence-corrected chi connectivity index (χ2v) is 6.13. The maximum absolute atomic E-state index is 11.7. The summed E-state index contributed by atoms with van der Waals surface area (Å²) in [7, 11) is 0. The van der Waals surface area contributed by atoms with Crippen LogP contribution >= 0.6 is 11.6 Å². The predicted molar refractivity (Wildman–Crippen MR) is 90.8 cm³/mol. The van der Waals surface area contributed by atoms with Gasteiger partial charge < -0.3 is 15.2 Å². The topological polar surface area (TPSA) is 46.1 Å². The van der Waals surface area contributed by atoms with Crippen LogP contribution in [-0.2, 0) is 6.54 Å². The Bertz CT molecular complexity index is 659. The van der Waals surface area contributed by atoms with Gasteiger partial charge in [-0.2, -0.15) is 0 Å². The minimum atomic E-state index is -0.147. The van der Waals surface area contributed by atoms with Crippen molar-refractivity contribution in [2.24, 2.45) is 0 Å². The third-order valence-corrected chi connectivity index (χ3v) is 3.73. The van der Waals surface area contributed by atoms with Crippen molar-refractivity contribution in [2.45, 2.75) is 40.3 Å². The molecule has 0 radical (unpaired) electrons. The van der Waals surface area contributed by atoms with Crippen LogP contribution in [0.1, 0.15) is 30.8 Å². The fourth-order valence-electron chi connectivity index (χ4n) is 2.48. The van der Waals surface area contributed by atoms with E-state index in [9.17, 15) is 4.79 Å². The quantitative estimate of drug-likeness (QED) is 0.880. The van der Waals surface area contributed by atoms with Gasteiger partial charge in [0.25, 0.3) is 0 Å². The molecule has 0 spiro atoms. The van der Waals surface area contributed by atoms with E-state index in [0.717, 1.165) is 27.7 Å². The van der Waals surface area contributed by atoms with Gasteiger partial charge in [0.05, 0.1) is 0 Å². The normalized spacial score (nSPS) is 10.8. The van der Waals surface area contributed by atoms with E-state index in [0.29, 0.717) is 6.54 Å². The van der Waals surface area contributed by atoms with Crippen molar-refractivity contribution in [3.63, 3.8) is 0 Å². The summed E-state index contributed by atoms with van der Waals surface area (Å²) in [4.78, 5) is 11.7. The monoisotopic (exact) mass is 319 g/mol. The van der Waals surface area contributed by atoms with Crippen LogP contribution in [0, 0.1) is 13.8 Å². The van der Waals surface area contributed by atoms with Crippen LogP contribution in [0.2, 0.25) is 5.02 Å². The Balaban J connectivity index is 2.17. The van der Waals surface area contributed by atoms with Crippen LogP contribution in [0.5, 0.6) is 0 Å². The van der Waals surface area contributed by atoms with Gasteiger partial charge in [-0.15, -0.1) is 0 Å². The number of benzene rings is 1. The molecule has 2 aromatic rings. The molecule has 2 amide bonds. The molecule has 22 heavy (non-hydrogen) atoms. The molecule has 118 valence electrons. The molecular weight excluding hydrogens is 298 g/mol. The van der Waals surface area contributed by atoms with Gasteiger partial charge in [0.1, 0.15) is 0 Å². The molecule has 1 aromatic carbocycles. The van der Waals surface area contributed by atoms with Crippen molar-refractivity contribution in [2.75, 3.05) is 0 Å². The third-order valence-electron chi connectivity index (χ3n) is 3.48. The van der Waals surface area contributed by atoms with Crippen molar-refractivity contribution in [3.05, 3.63) is 52.3 Å². The number of amides is 2. The van der Waals surface area contributed by atoms with Crippen molar-refractivity contribution in [1.82, 2.24) is 15.2 Å². The molecule has 1 aromatic heterocycles. The summed E-state index contributed by atoms with van der Waals surface area (Å²) < 4.78 is 2.16. The Morgan fingerprint density at radius 2 is 1.86 bits per heavy atom. The summed E-state index contributed by atoms with van der Waals surface area (Å²) in [6.45, 7) is 8.49. The molecule has 0 unspecified atom stereocenters. The average molecular weight is 320 g/mol. The number of carbonyl (C=O) groups is 1. The lowest BCUT2D eigenvalue weighted by molar-refractivity contribution is 0.238. The zero-order valence-electron chi connectivity index (χ0n) is 13.4. The van der Waals surface area contributed by atoms with Crippen LogP contribution in [0.4, 0.5) is 4.79 Å². The number of aryl methyl sites for hydroxylation is 1.